The van der Waals surface area contributed by atoms with Crippen LogP contribution in [0.2, 0.25) is 0 Å². The van der Waals surface area contributed by atoms with E-state index in [9.17, 15) is 4.79 Å². The number of methoxy groups -OCH3 is 1. The number of nitrogens with zero attached hydrogens (tertiary/aromatic N) is 2. The molecule has 0 aliphatic heterocycles. The van der Waals surface area contributed by atoms with Gasteiger partial charge in [0, 0.05) is 0 Å². The lowest BCUT2D eigenvalue weighted by molar-refractivity contribution is 0.0595. The molecule has 1 aromatic rings. The van der Waals surface area contributed by atoms with Crippen LogP contribution in [0, 0.1) is 6.20 Å². The monoisotopic (exact) mass is 152 g/mol. The summed E-state index contributed by atoms with van der Waals surface area (Å²) in [5, 5.41) is 0. The number of carbonyl (C=O) groups is 1. The molecule has 0 fully saturated rings. The van der Waals surface area contributed by atoms with Crippen molar-refractivity contribution in [3.05, 3.63) is 18.1 Å². The summed E-state index contributed by atoms with van der Waals surface area (Å²) in [4.78, 5) is 18.0. The number of aromatic nitrogens is 2. The smallest absolute Gasteiger partial charge is 0.360 e. The third kappa shape index (κ3) is 1.43. The SMILES string of the molecule is COC(=O)c1nc[c]nc1N. The third-order valence-corrected chi connectivity index (χ3v) is 1.06. The molecule has 2 N–H and O–H groups in total. The highest BCUT2D eigenvalue weighted by Crippen LogP contribution is 2.02. The molecule has 1 heterocycles. The summed E-state index contributed by atoms with van der Waals surface area (Å²) in [6, 6.07) is 0. The van der Waals surface area contributed by atoms with E-state index < -0.39 is 5.97 Å². The Bertz CT molecular complexity index is 274. The van der Waals surface area contributed by atoms with Gasteiger partial charge in [0.2, 0.25) is 0 Å². The van der Waals surface area contributed by atoms with Crippen LogP contribution in [0.5, 0.6) is 0 Å². The molecule has 0 saturated carbocycles. The van der Waals surface area contributed by atoms with Crippen LogP contribution in [-0.4, -0.2) is 23.0 Å². The number of anilines is 1. The van der Waals surface area contributed by atoms with Gasteiger partial charge in [-0.25, -0.2) is 14.8 Å². The van der Waals surface area contributed by atoms with Gasteiger partial charge in [-0.2, -0.15) is 0 Å². The molecule has 1 aromatic heterocycles. The van der Waals surface area contributed by atoms with Crippen LogP contribution in [0.25, 0.3) is 0 Å². The molecule has 5 nitrogen and oxygen atoms in total. The maximum Gasteiger partial charge on any atom is 0.360 e. The summed E-state index contributed by atoms with van der Waals surface area (Å²) in [5.41, 5.74) is 5.31. The number of nitrogen functional groups attached to an aromatic ring is 1. The van der Waals surface area contributed by atoms with E-state index in [1.807, 2.05) is 0 Å². The van der Waals surface area contributed by atoms with E-state index in [1.54, 1.807) is 0 Å². The van der Waals surface area contributed by atoms with Crippen molar-refractivity contribution < 1.29 is 9.53 Å². The fourth-order valence-electron chi connectivity index (χ4n) is 0.565. The molecule has 0 bridgehead atoms. The highest BCUT2D eigenvalue weighted by atomic mass is 16.5. The molecule has 5 heteroatoms. The summed E-state index contributed by atoms with van der Waals surface area (Å²) in [5.74, 6) is -0.566. The van der Waals surface area contributed by atoms with Gasteiger partial charge in [-0.1, -0.05) is 0 Å². The van der Waals surface area contributed by atoms with Gasteiger partial charge >= 0.3 is 5.97 Å². The lowest BCUT2D eigenvalue weighted by atomic mass is 10.4. The van der Waals surface area contributed by atoms with Gasteiger partial charge in [0.15, 0.2) is 11.5 Å². The molecule has 0 unspecified atom stereocenters. The number of nitrogens with two attached hydrogens (primary N) is 1. The van der Waals surface area contributed by atoms with Crippen molar-refractivity contribution >= 4 is 11.8 Å². The molecule has 0 aliphatic rings. The zero-order chi connectivity index (χ0) is 8.27. The first-order valence-electron chi connectivity index (χ1n) is 2.82. The van der Waals surface area contributed by atoms with E-state index in [1.165, 1.54) is 13.3 Å². The van der Waals surface area contributed by atoms with Crippen molar-refractivity contribution in [2.75, 3.05) is 12.8 Å². The van der Waals surface area contributed by atoms with Gasteiger partial charge < -0.3 is 10.5 Å². The summed E-state index contributed by atoms with van der Waals surface area (Å²) >= 11 is 0. The van der Waals surface area contributed by atoms with Crippen molar-refractivity contribution in [2.24, 2.45) is 0 Å². The first-order valence-corrected chi connectivity index (χ1v) is 2.82. The molecule has 0 saturated heterocycles. The molecule has 11 heavy (non-hydrogen) atoms. The lowest BCUT2D eigenvalue weighted by Crippen LogP contribution is -2.09. The van der Waals surface area contributed by atoms with E-state index in [2.05, 4.69) is 20.9 Å². The number of rotatable bonds is 1. The second kappa shape index (κ2) is 2.96. The van der Waals surface area contributed by atoms with E-state index in [0.717, 1.165) is 0 Å². The Morgan fingerprint density at radius 3 is 3.09 bits per heavy atom. The Hall–Kier alpha value is -1.65. The summed E-state index contributed by atoms with van der Waals surface area (Å²) in [6.07, 6.45) is 3.64. The van der Waals surface area contributed by atoms with E-state index in [-0.39, 0.29) is 11.5 Å². The maximum absolute atomic E-state index is 10.8. The van der Waals surface area contributed by atoms with Crippen LogP contribution in [0.1, 0.15) is 10.5 Å². The molecule has 0 spiro atoms. The Labute approximate surface area is 63.2 Å². The van der Waals surface area contributed by atoms with Gasteiger partial charge in [-0.15, -0.1) is 0 Å². The Morgan fingerprint density at radius 2 is 2.55 bits per heavy atom. The van der Waals surface area contributed by atoms with Crippen LogP contribution in [0.3, 0.4) is 0 Å². The molecule has 1 radical (unpaired) electrons. The van der Waals surface area contributed by atoms with Crippen LogP contribution < -0.4 is 5.73 Å². The predicted octanol–water partition coefficient (Wildman–Crippen LogP) is -0.354. The average Bonchev–Trinajstić information content (AvgIpc) is 2.04. The van der Waals surface area contributed by atoms with E-state index in [4.69, 9.17) is 5.73 Å². The fourth-order valence-corrected chi connectivity index (χ4v) is 0.565. The van der Waals surface area contributed by atoms with Crippen molar-refractivity contribution in [2.45, 2.75) is 0 Å². The highest BCUT2D eigenvalue weighted by Gasteiger charge is 2.10. The number of carbonyl (C=O) groups excluding carboxylic acids is 1. The third-order valence-electron chi connectivity index (χ3n) is 1.06. The highest BCUT2D eigenvalue weighted by molar-refractivity contribution is 5.91. The van der Waals surface area contributed by atoms with Gasteiger partial charge in [-0.3, -0.25) is 0 Å². The number of ether oxygens (including phenoxy) is 1. The van der Waals surface area contributed by atoms with Crippen LogP contribution >= 0.6 is 0 Å². The normalized spacial score (nSPS) is 9.18. The van der Waals surface area contributed by atoms with Crippen LogP contribution in [0.4, 0.5) is 5.82 Å². The second-order valence-corrected chi connectivity index (χ2v) is 1.72. The molecule has 1 rings (SSSR count). The minimum Gasteiger partial charge on any atom is -0.464 e. The minimum absolute atomic E-state index is 0.0197. The van der Waals surface area contributed by atoms with Crippen molar-refractivity contribution in [1.29, 1.82) is 0 Å². The molecule has 0 amide bonds. The number of esters is 1. The summed E-state index contributed by atoms with van der Waals surface area (Å²) in [6.45, 7) is 0. The average molecular weight is 152 g/mol. The zero-order valence-electron chi connectivity index (χ0n) is 5.87. The quantitative estimate of drug-likeness (QED) is 0.556. The van der Waals surface area contributed by atoms with Gasteiger partial charge in [0.05, 0.1) is 13.3 Å². The largest absolute Gasteiger partial charge is 0.464 e. The molecular weight excluding hydrogens is 146 g/mol. The van der Waals surface area contributed by atoms with E-state index >= 15 is 0 Å². The van der Waals surface area contributed by atoms with Gasteiger partial charge in [-0.05, 0) is 0 Å². The second-order valence-electron chi connectivity index (χ2n) is 1.72. The minimum atomic E-state index is -0.594. The van der Waals surface area contributed by atoms with Gasteiger partial charge in [0.25, 0.3) is 0 Å². The van der Waals surface area contributed by atoms with Crippen LogP contribution in [0.15, 0.2) is 6.20 Å². The van der Waals surface area contributed by atoms with Gasteiger partial charge in [0.1, 0.15) is 6.20 Å². The first-order chi connectivity index (χ1) is 5.25. The van der Waals surface area contributed by atoms with Crippen molar-refractivity contribution in [3.8, 4) is 0 Å². The van der Waals surface area contributed by atoms with Crippen molar-refractivity contribution in [3.63, 3.8) is 0 Å². The van der Waals surface area contributed by atoms with Crippen molar-refractivity contribution in [1.82, 2.24) is 9.97 Å². The topological polar surface area (TPSA) is 78.1 Å². The summed E-state index contributed by atoms with van der Waals surface area (Å²) in [7, 11) is 1.25. The first kappa shape index (κ1) is 7.46. The fraction of sp³-hybridized carbons (Fsp3) is 0.167. The molecule has 0 aromatic carbocycles. The lowest BCUT2D eigenvalue weighted by Gasteiger charge is -1.98. The standard InChI is InChI=1S/C6H6N3O2/c1-11-6(10)4-5(7)9-3-2-8-4/h2H,1H3,(H2,7,9). The molecule has 0 atom stereocenters. The Balaban J connectivity index is 3.03. The van der Waals surface area contributed by atoms with E-state index in [0.29, 0.717) is 0 Å². The molecule has 0 aliphatic carbocycles. The summed E-state index contributed by atoms with van der Waals surface area (Å²) < 4.78 is 4.38. The number of hydrogen-bond donors (Lipinski definition) is 1. The predicted molar refractivity (Wildman–Crippen MR) is 36.6 cm³/mol. The molecular formula is C6H6N3O2. The zero-order valence-corrected chi connectivity index (χ0v) is 5.87. The Morgan fingerprint density at radius 1 is 1.82 bits per heavy atom. The Kier molecular flexibility index (Phi) is 2.00. The van der Waals surface area contributed by atoms with Crippen LogP contribution in [-0.2, 0) is 4.74 Å². The number of hydrogen-bond acceptors (Lipinski definition) is 5. The molecule has 57 valence electrons. The maximum atomic E-state index is 10.8.